The van der Waals surface area contributed by atoms with E-state index in [1.54, 1.807) is 4.68 Å². The standard InChI is InChI=1S/C17H16N4S/c1-12-7-3-5-9-14(12)11-18-21-16(19-20-17(21)22)15-10-6-4-8-13(15)2/h3-11H,1-2H3,(H,20,22)/b18-11-. The van der Waals surface area contributed by atoms with Gasteiger partial charge < -0.3 is 0 Å². The predicted molar refractivity (Wildman–Crippen MR) is 91.8 cm³/mol. The lowest BCUT2D eigenvalue weighted by atomic mass is 10.1. The van der Waals surface area contributed by atoms with Crippen molar-refractivity contribution in [3.8, 4) is 11.4 Å². The first kappa shape index (κ1) is 14.4. The maximum atomic E-state index is 5.30. The first-order valence-electron chi connectivity index (χ1n) is 7.00. The Kier molecular flexibility index (Phi) is 3.98. The Labute approximate surface area is 134 Å². The maximum Gasteiger partial charge on any atom is 0.216 e. The summed E-state index contributed by atoms with van der Waals surface area (Å²) in [6.07, 6.45) is 1.81. The molecule has 1 N–H and O–H groups in total. The van der Waals surface area contributed by atoms with Gasteiger partial charge in [-0.1, -0.05) is 48.5 Å². The quantitative estimate of drug-likeness (QED) is 0.584. The van der Waals surface area contributed by atoms with Crippen LogP contribution in [0, 0.1) is 18.6 Å². The molecule has 0 aliphatic heterocycles. The normalized spacial score (nSPS) is 11.2. The Morgan fingerprint density at radius 1 is 1.05 bits per heavy atom. The molecule has 0 unspecified atom stereocenters. The Balaban J connectivity index is 2.06. The van der Waals surface area contributed by atoms with Gasteiger partial charge in [0.2, 0.25) is 4.77 Å². The van der Waals surface area contributed by atoms with E-state index >= 15 is 0 Å². The summed E-state index contributed by atoms with van der Waals surface area (Å²) in [4.78, 5) is 0. The van der Waals surface area contributed by atoms with Crippen molar-refractivity contribution in [2.45, 2.75) is 13.8 Å². The van der Waals surface area contributed by atoms with Gasteiger partial charge in [-0.05, 0) is 42.8 Å². The minimum Gasteiger partial charge on any atom is -0.250 e. The van der Waals surface area contributed by atoms with Crippen LogP contribution >= 0.6 is 12.2 Å². The van der Waals surface area contributed by atoms with E-state index in [-0.39, 0.29) is 0 Å². The van der Waals surface area contributed by atoms with Crippen molar-refractivity contribution in [1.82, 2.24) is 14.9 Å². The molecule has 5 heteroatoms. The molecule has 0 aliphatic carbocycles. The zero-order chi connectivity index (χ0) is 15.5. The summed E-state index contributed by atoms with van der Waals surface area (Å²) in [5.41, 5.74) is 4.36. The second-order valence-corrected chi connectivity index (χ2v) is 5.47. The van der Waals surface area contributed by atoms with Crippen molar-refractivity contribution in [2.24, 2.45) is 5.10 Å². The molecule has 110 valence electrons. The van der Waals surface area contributed by atoms with Gasteiger partial charge in [-0.15, -0.1) is 0 Å². The lowest BCUT2D eigenvalue weighted by molar-refractivity contribution is 0.870. The molecule has 22 heavy (non-hydrogen) atoms. The number of aromatic amines is 1. The molecule has 0 fully saturated rings. The van der Waals surface area contributed by atoms with Crippen LogP contribution in [0.1, 0.15) is 16.7 Å². The number of hydrogen-bond acceptors (Lipinski definition) is 3. The molecule has 0 atom stereocenters. The number of nitrogens with zero attached hydrogens (tertiary/aromatic N) is 3. The molecule has 2 aromatic carbocycles. The highest BCUT2D eigenvalue weighted by molar-refractivity contribution is 7.71. The number of benzene rings is 2. The molecular weight excluding hydrogens is 292 g/mol. The highest BCUT2D eigenvalue weighted by atomic mass is 32.1. The molecule has 0 radical (unpaired) electrons. The van der Waals surface area contributed by atoms with Gasteiger partial charge in [-0.2, -0.15) is 14.9 Å². The van der Waals surface area contributed by atoms with Gasteiger partial charge in [0.15, 0.2) is 5.82 Å². The van der Waals surface area contributed by atoms with E-state index in [4.69, 9.17) is 12.2 Å². The molecule has 0 bridgehead atoms. The molecule has 3 aromatic rings. The number of hydrogen-bond donors (Lipinski definition) is 1. The van der Waals surface area contributed by atoms with Crippen LogP contribution in [0.15, 0.2) is 53.6 Å². The average Bonchev–Trinajstić information content (AvgIpc) is 2.88. The van der Waals surface area contributed by atoms with E-state index in [1.165, 1.54) is 5.56 Å². The van der Waals surface area contributed by atoms with Gasteiger partial charge in [0, 0.05) is 5.56 Å². The molecule has 0 saturated carbocycles. The fourth-order valence-electron chi connectivity index (χ4n) is 2.25. The van der Waals surface area contributed by atoms with E-state index in [0.29, 0.717) is 10.6 Å². The second-order valence-electron chi connectivity index (χ2n) is 5.08. The molecule has 4 nitrogen and oxygen atoms in total. The summed E-state index contributed by atoms with van der Waals surface area (Å²) >= 11 is 5.30. The van der Waals surface area contributed by atoms with Crippen molar-refractivity contribution in [1.29, 1.82) is 0 Å². The van der Waals surface area contributed by atoms with Crippen LogP contribution < -0.4 is 0 Å². The fraction of sp³-hybridized carbons (Fsp3) is 0.118. The van der Waals surface area contributed by atoms with E-state index in [0.717, 1.165) is 16.7 Å². The third-order valence-corrected chi connectivity index (χ3v) is 3.80. The fourth-order valence-corrected chi connectivity index (χ4v) is 2.43. The highest BCUT2D eigenvalue weighted by Gasteiger charge is 2.10. The van der Waals surface area contributed by atoms with Crippen LogP contribution in [-0.4, -0.2) is 21.1 Å². The number of rotatable bonds is 3. The lowest BCUT2D eigenvalue weighted by Gasteiger charge is -2.04. The largest absolute Gasteiger partial charge is 0.250 e. The van der Waals surface area contributed by atoms with Gasteiger partial charge in [0.05, 0.1) is 6.21 Å². The first-order valence-corrected chi connectivity index (χ1v) is 7.41. The zero-order valence-electron chi connectivity index (χ0n) is 12.4. The van der Waals surface area contributed by atoms with E-state index in [9.17, 15) is 0 Å². The summed E-state index contributed by atoms with van der Waals surface area (Å²) in [5.74, 6) is 0.716. The SMILES string of the molecule is Cc1ccccc1/C=N\n1c(-c2ccccc2C)n[nH]c1=S. The summed E-state index contributed by atoms with van der Waals surface area (Å²) < 4.78 is 2.13. The van der Waals surface area contributed by atoms with Gasteiger partial charge in [-0.25, -0.2) is 5.10 Å². The molecule has 1 aromatic heterocycles. The zero-order valence-corrected chi connectivity index (χ0v) is 13.3. The minimum absolute atomic E-state index is 0.475. The van der Waals surface area contributed by atoms with Crippen LogP contribution in [0.4, 0.5) is 0 Å². The van der Waals surface area contributed by atoms with E-state index in [1.807, 2.05) is 55.6 Å². The molecule has 0 amide bonds. The molecule has 0 saturated heterocycles. The van der Waals surface area contributed by atoms with Crippen molar-refractivity contribution in [2.75, 3.05) is 0 Å². The molecule has 0 aliphatic rings. The molecular formula is C17H16N4S. The van der Waals surface area contributed by atoms with Gasteiger partial charge in [0.25, 0.3) is 0 Å². The minimum atomic E-state index is 0.475. The van der Waals surface area contributed by atoms with Gasteiger partial charge in [0.1, 0.15) is 0 Å². The third kappa shape index (κ3) is 2.76. The summed E-state index contributed by atoms with van der Waals surface area (Å²) in [5, 5.41) is 11.6. The van der Waals surface area contributed by atoms with E-state index in [2.05, 4.69) is 28.3 Å². The average molecular weight is 308 g/mol. The lowest BCUT2D eigenvalue weighted by Crippen LogP contribution is -1.97. The van der Waals surface area contributed by atoms with Gasteiger partial charge in [-0.3, -0.25) is 0 Å². The Morgan fingerprint density at radius 2 is 1.73 bits per heavy atom. The molecule has 3 rings (SSSR count). The van der Waals surface area contributed by atoms with Crippen molar-refractivity contribution >= 4 is 18.4 Å². The number of nitrogens with one attached hydrogen (secondary N) is 1. The Hall–Kier alpha value is -2.53. The van der Waals surface area contributed by atoms with Crippen LogP contribution in [0.3, 0.4) is 0 Å². The van der Waals surface area contributed by atoms with Crippen molar-refractivity contribution in [3.63, 3.8) is 0 Å². The summed E-state index contributed by atoms with van der Waals surface area (Å²) in [6.45, 7) is 4.10. The van der Waals surface area contributed by atoms with E-state index < -0.39 is 0 Å². The summed E-state index contributed by atoms with van der Waals surface area (Å²) in [7, 11) is 0. The Bertz CT molecular complexity index is 889. The summed E-state index contributed by atoms with van der Waals surface area (Å²) in [6, 6.07) is 16.1. The number of H-pyrrole nitrogens is 1. The molecule has 1 heterocycles. The van der Waals surface area contributed by atoms with Crippen molar-refractivity contribution < 1.29 is 0 Å². The maximum absolute atomic E-state index is 5.30. The second kappa shape index (κ2) is 6.07. The number of aromatic nitrogens is 3. The predicted octanol–water partition coefficient (Wildman–Crippen LogP) is 4.11. The van der Waals surface area contributed by atoms with Crippen LogP contribution in [0.5, 0.6) is 0 Å². The topological polar surface area (TPSA) is 46.0 Å². The highest BCUT2D eigenvalue weighted by Crippen LogP contribution is 2.21. The van der Waals surface area contributed by atoms with Crippen molar-refractivity contribution in [3.05, 3.63) is 70.0 Å². The third-order valence-electron chi connectivity index (χ3n) is 3.54. The smallest absolute Gasteiger partial charge is 0.216 e. The van der Waals surface area contributed by atoms with Crippen LogP contribution in [0.2, 0.25) is 0 Å². The Morgan fingerprint density at radius 3 is 2.45 bits per heavy atom. The molecule has 0 spiro atoms. The van der Waals surface area contributed by atoms with Crippen LogP contribution in [0.25, 0.3) is 11.4 Å². The van der Waals surface area contributed by atoms with Crippen LogP contribution in [-0.2, 0) is 0 Å². The first-order chi connectivity index (χ1) is 10.7. The van der Waals surface area contributed by atoms with Gasteiger partial charge >= 0.3 is 0 Å². The monoisotopic (exact) mass is 308 g/mol. The number of aryl methyl sites for hydroxylation is 2.